The molecule has 42 nitrogen and oxygen atoms in total. The highest BCUT2D eigenvalue weighted by molar-refractivity contribution is 6.13. The van der Waals surface area contributed by atoms with Crippen LogP contribution < -0.4 is 63.0 Å². The molecule has 0 spiro atoms. The number of rotatable bonds is 38. The molecule has 4 aromatic heterocycles. The van der Waals surface area contributed by atoms with E-state index in [1.165, 1.54) is 30.1 Å². The number of anilines is 2. The average molecular weight is 1890 g/mol. The van der Waals surface area contributed by atoms with E-state index < -0.39 is 170 Å². The van der Waals surface area contributed by atoms with Gasteiger partial charge in [-0.3, -0.25) is 63.1 Å². The van der Waals surface area contributed by atoms with Gasteiger partial charge in [0.15, 0.2) is 18.4 Å². The van der Waals surface area contributed by atoms with Crippen molar-refractivity contribution in [2.24, 2.45) is 11.7 Å². The molecule has 1 saturated heterocycles. The molecule has 0 bridgehead atoms. The predicted molar refractivity (Wildman–Crippen MR) is 486 cm³/mol. The van der Waals surface area contributed by atoms with Crippen LogP contribution >= 0.6 is 0 Å². The van der Waals surface area contributed by atoms with Gasteiger partial charge in [0.2, 0.25) is 41.7 Å². The summed E-state index contributed by atoms with van der Waals surface area (Å²) in [5.74, 6) is -8.57. The minimum atomic E-state index is -2.09. The Hall–Kier alpha value is -14.4. The Bertz CT molecular complexity index is 6320. The highest BCUT2D eigenvalue weighted by atomic mass is 16.7. The Morgan fingerprint density at radius 1 is 0.650 bits per heavy atom. The van der Waals surface area contributed by atoms with Gasteiger partial charge in [-0.05, 0) is 152 Å². The van der Waals surface area contributed by atoms with Crippen LogP contribution in [0.25, 0.3) is 44.6 Å². The number of carboxylic acid groups (broad SMARTS) is 1. The molecule has 0 aliphatic carbocycles. The summed E-state index contributed by atoms with van der Waals surface area (Å²) in [7, 11) is 1.27. The van der Waals surface area contributed by atoms with Crippen LogP contribution in [0, 0.1) is 5.92 Å². The van der Waals surface area contributed by atoms with Crippen molar-refractivity contribution in [3.63, 3.8) is 0 Å². The Morgan fingerprint density at radius 2 is 1.25 bits per heavy atom. The zero-order valence-corrected chi connectivity index (χ0v) is 76.1. The fraction of sp³-hybridized carbons (Fsp3) is 0.411. The molecule has 137 heavy (non-hydrogen) atoms. The number of nitrogens with one attached hydrogen (secondary N) is 6. The van der Waals surface area contributed by atoms with E-state index >= 15 is 0 Å². The van der Waals surface area contributed by atoms with E-state index in [-0.39, 0.29) is 130 Å². The van der Waals surface area contributed by atoms with E-state index in [2.05, 4.69) is 38.5 Å². The lowest BCUT2D eigenvalue weighted by Gasteiger charge is -2.38. The highest BCUT2D eigenvalue weighted by Gasteiger charge is 2.50. The number of nitrogens with zero attached hydrogens (tertiary/aromatic N) is 7. The Labute approximate surface area is 782 Å². The van der Waals surface area contributed by atoms with Gasteiger partial charge < -0.3 is 115 Å². The number of carbonyl (C=O) groups excluding carboxylic acids is 11. The van der Waals surface area contributed by atoms with Crippen molar-refractivity contribution in [2.45, 2.75) is 186 Å². The summed E-state index contributed by atoms with van der Waals surface area (Å²) in [6.45, 7) is 11.1. The summed E-state index contributed by atoms with van der Waals surface area (Å²) in [5.41, 5.74) is 10.1. The number of aliphatic hydroxyl groups is 5. The van der Waals surface area contributed by atoms with Crippen molar-refractivity contribution in [3.05, 3.63) is 192 Å². The third-order valence-corrected chi connectivity index (χ3v) is 25.0. The van der Waals surface area contributed by atoms with Gasteiger partial charge >= 0.3 is 24.2 Å². The van der Waals surface area contributed by atoms with Crippen LogP contribution in [0.15, 0.2) is 125 Å². The molecule has 6 aliphatic heterocycles. The molecule has 4 aromatic carbocycles. The smallest absolute Gasteiger partial charge is 0.490 e. The zero-order chi connectivity index (χ0) is 98.3. The number of aliphatic hydroxyl groups excluding tert-OH is 3. The largest absolute Gasteiger partial charge is 0.514 e. The fourth-order valence-electron chi connectivity index (χ4n) is 17.4. The predicted octanol–water partition coefficient (Wildman–Crippen LogP) is 3.36. The molecule has 0 unspecified atom stereocenters. The number of aromatic nitrogens is 4. The maximum atomic E-state index is 14.3. The summed E-state index contributed by atoms with van der Waals surface area (Å²) in [4.78, 5) is 201. The SMILES string of the molecule is C=C1OCc2c(cc3n(c2=O)Cc2c-3nc3ccc(OCNC(=O)OCc4ccc(O[C@@H]5O[C@H](C(=O)O)[C@@H](O)[C@H](O)[C@H]5O)c(NC(=O)CN(C)C(=O)CCNC(=O)CN(CCN5C(=O)C=CC5=O)CC(=O)N[C@H](C(=O)N[C@@H](CCCCN)C(=O)Nc5ccc(COC(=O)Oc6ccc7nc8c(c(CC)c7c6)Cn6c-8cc7c(c6=O)COC(=O)[C@]7(O)CC)cc5)C(C)C)c4)cc3c2CC)[C@@]1(O)CC. The molecule has 9 atom stereocenters. The highest BCUT2D eigenvalue weighted by Crippen LogP contribution is 2.45. The van der Waals surface area contributed by atoms with Gasteiger partial charge in [0.1, 0.15) is 85.4 Å². The van der Waals surface area contributed by atoms with Gasteiger partial charge in [-0.15, -0.1) is 0 Å². The maximum absolute atomic E-state index is 14.3. The van der Waals surface area contributed by atoms with Gasteiger partial charge in [0.05, 0.1) is 83.3 Å². The third-order valence-electron chi connectivity index (χ3n) is 25.0. The van der Waals surface area contributed by atoms with Gasteiger partial charge in [-0.25, -0.2) is 29.1 Å². The average Bonchev–Trinajstić information content (AvgIpc) is 1.59. The number of ether oxygens (including phenoxy) is 8. The Balaban J connectivity index is 0.556. The first-order valence-corrected chi connectivity index (χ1v) is 44.7. The number of carboxylic acids is 1. The molecule has 1 fully saturated rings. The van der Waals surface area contributed by atoms with Gasteiger partial charge in [-0.1, -0.05) is 66.3 Å². The number of hydrogen-bond acceptors (Lipinski definition) is 31. The summed E-state index contributed by atoms with van der Waals surface area (Å²) >= 11 is 0. The lowest BCUT2D eigenvalue weighted by molar-refractivity contribution is -0.271. The summed E-state index contributed by atoms with van der Waals surface area (Å²) in [5, 5.41) is 81.9. The molecular weight excluding hydrogens is 1790 g/mol. The minimum absolute atomic E-state index is 0.0102. The number of unbranched alkanes of at least 4 members (excludes halogenated alkanes) is 1. The number of esters is 1. The molecule has 0 saturated carbocycles. The number of alkyl carbamates (subject to hydrolysis) is 1. The van der Waals surface area contributed by atoms with Crippen LogP contribution in [0.4, 0.5) is 21.0 Å². The lowest BCUT2D eigenvalue weighted by atomic mass is 9.84. The molecule has 724 valence electrons. The van der Waals surface area contributed by atoms with Gasteiger partial charge in [0.25, 0.3) is 22.9 Å². The second-order valence-electron chi connectivity index (χ2n) is 34.2. The molecule has 6 aliphatic rings. The number of aryl methyl sites for hydroxylation is 2. The Morgan fingerprint density at radius 3 is 1.86 bits per heavy atom. The lowest BCUT2D eigenvalue weighted by Crippen LogP contribution is -2.61. The molecular formula is C95H106N14O28. The van der Waals surface area contributed by atoms with E-state index in [1.54, 1.807) is 110 Å². The maximum Gasteiger partial charge on any atom is 0.514 e. The van der Waals surface area contributed by atoms with Gasteiger partial charge in [-0.2, -0.15) is 0 Å². The number of nitrogens with two attached hydrogens (primary N) is 1. The number of pyridine rings is 4. The van der Waals surface area contributed by atoms with Crippen molar-refractivity contribution in [2.75, 3.05) is 70.2 Å². The van der Waals surface area contributed by atoms with Crippen molar-refractivity contribution in [1.82, 2.24) is 55.1 Å². The Kier molecular flexibility index (Phi) is 30.1. The molecule has 9 amide bonds. The zero-order valence-electron chi connectivity index (χ0n) is 76.1. The minimum Gasteiger partial charge on any atom is -0.490 e. The topological polar surface area (TPSA) is 578 Å². The van der Waals surface area contributed by atoms with Gasteiger partial charge in [0, 0.05) is 84.0 Å². The second-order valence-corrected chi connectivity index (χ2v) is 34.2. The van der Waals surface area contributed by atoms with Crippen LogP contribution in [0.2, 0.25) is 0 Å². The standard InChI is InChI=1S/C95H106N14O28/c1-9-55-57-34-53(21-23-65(57)101-79-59(55)38-108-69(79)36-63-61(87(108)121)45-130-49(7)94(63,128)11-3)134-47-98-92(126)132-44-51-18-25-71(136-90-83(118)81(116)82(117)84(137-90)89(123)124)68(33-51)100-73(111)40-105(8)75(113)28-30-97-72(110)41-106(31-32-107-76(114)26-27-77(107)115)42-74(112)104-78(48(5)6)86(120)103-67(15-13-14-29-96)85(119)99-52-19-16-50(17-20-52)43-133-93(127)135-54-22-24-66-58(35-54)56(10-2)60-39-109-70(80(60)102-66)37-64-62(88(109)122)46-131-91(125)95(64,129)12-4/h16-27,33-37,48,67,78,81-84,90,116-118,128-129H,7,9-15,28-32,38-47,96H2,1-6,8H3,(H,97,110)(H,98,126)(H,99,119)(H,100,111)(H,103,120)(H,104,112)(H,123,124)/t67-,78-,81-,82-,83+,84-,90+,94+,95-/m0/s1. The molecule has 10 heterocycles. The number of carbonyl (C=O) groups is 12. The summed E-state index contributed by atoms with van der Waals surface area (Å²) < 4.78 is 47.7. The number of fused-ring (bicyclic) bond motifs is 10. The number of amides is 9. The van der Waals surface area contributed by atoms with Crippen LogP contribution in [-0.4, -0.2) is 238 Å². The molecule has 14 N–H and O–H groups in total. The van der Waals surface area contributed by atoms with Crippen LogP contribution in [-0.2, 0) is 135 Å². The number of hydrogen-bond donors (Lipinski definition) is 13. The van der Waals surface area contributed by atoms with E-state index in [9.17, 15) is 97.8 Å². The first-order valence-electron chi connectivity index (χ1n) is 44.7. The molecule has 14 rings (SSSR count). The number of imide groups is 1. The number of likely N-dealkylation sites (N-methyl/N-ethyl adjacent to an activating group) is 1. The van der Waals surface area contributed by atoms with E-state index in [0.29, 0.717) is 93.0 Å². The number of benzene rings is 4. The van der Waals surface area contributed by atoms with E-state index in [4.69, 9.17) is 53.6 Å². The van der Waals surface area contributed by atoms with Crippen molar-refractivity contribution in [3.8, 4) is 40.0 Å². The monoisotopic (exact) mass is 1890 g/mol. The molecule has 42 heteroatoms. The molecule has 8 aromatic rings. The quantitative estimate of drug-likeness (QED) is 0.00659. The van der Waals surface area contributed by atoms with Crippen molar-refractivity contribution >= 4 is 105 Å². The molecule has 0 radical (unpaired) electrons. The first-order chi connectivity index (χ1) is 65.5. The normalized spacial score (nSPS) is 19.2. The number of cyclic esters (lactones) is 1. The van der Waals surface area contributed by atoms with Crippen LogP contribution in [0.3, 0.4) is 0 Å². The third kappa shape index (κ3) is 21.0. The fourth-order valence-corrected chi connectivity index (χ4v) is 17.4. The first kappa shape index (κ1) is 98.6. The van der Waals surface area contributed by atoms with E-state index in [0.717, 1.165) is 49.6 Å². The summed E-state index contributed by atoms with van der Waals surface area (Å²) in [6, 6.07) is 21.1. The van der Waals surface area contributed by atoms with Crippen molar-refractivity contribution in [1.29, 1.82) is 0 Å². The second kappa shape index (κ2) is 41.8. The van der Waals surface area contributed by atoms with Crippen LogP contribution in [0.1, 0.15) is 136 Å². The van der Waals surface area contributed by atoms with E-state index in [1.807, 2.05) is 13.8 Å². The number of aliphatic carboxylic acids is 1. The summed E-state index contributed by atoms with van der Waals surface area (Å²) in [6.07, 6.45) is -8.29. The van der Waals surface area contributed by atoms with Crippen molar-refractivity contribution < 1.29 is 126 Å². The van der Waals surface area contributed by atoms with Crippen LogP contribution in [0.5, 0.6) is 17.2 Å².